The van der Waals surface area contributed by atoms with Gasteiger partial charge in [0.2, 0.25) is 0 Å². The van der Waals surface area contributed by atoms with Crippen LogP contribution in [0.2, 0.25) is 0 Å². The molecule has 0 aromatic heterocycles. The highest BCUT2D eigenvalue weighted by Gasteiger charge is 2.59. The van der Waals surface area contributed by atoms with E-state index in [1.807, 2.05) is 0 Å². The minimum atomic E-state index is -2.33. The van der Waals surface area contributed by atoms with E-state index in [2.05, 4.69) is 0 Å². The Morgan fingerprint density at radius 3 is 0.541 bits per heavy atom. The maximum absolute atomic E-state index is 11.9. The van der Waals surface area contributed by atoms with Gasteiger partial charge in [0.05, 0.1) is 66.1 Å². The standard InChI is InChI=1S/C60H102O51/c61-1-11-21(65)32(76)39(83)52(100-11)93-8-18-28(72)49(110-59-43(87)34(78)23(67)13(3-63)102-59)46(90)56(107-18)97-6-16-26(70)37(81)41(85)54(105-16)95-10-20-30(74)50(111-60-44(88)35(79)24(68)14(4-64)103-60)47(91)57(108-20)98-7-17-27(71)36(80)40(84)53(104-17)94-9-19-29(73)48(109-58-42(86)33(77)22(66)12(2-62)101-58)45(89)55(106-19)96-5-15-25(69)31(75)38(82)51(92)99-15/h11-92H,1-10H2/t11-,12-,13-,14-,15-,16-,17-,18-,19-,20-,21-,22-,23-,24-,25-,26-,27-,28-,29-,30-,31+,32+,33+,34+,35+,36+,37+,38-,39-,40-,41-,42-,43-,44-,45-,46-,47-,48+,49+,50+,51?,52-,53-,54-,55-,56-,57-,58+,59+,60+/m1/s1. The van der Waals surface area contributed by atoms with Crippen molar-refractivity contribution in [1.82, 2.24) is 0 Å². The molecule has 10 heterocycles. The van der Waals surface area contributed by atoms with Gasteiger partial charge in [-0.1, -0.05) is 0 Å². The van der Waals surface area contributed by atoms with Crippen molar-refractivity contribution in [3.8, 4) is 0 Å². The molecule has 32 N–H and O–H groups in total. The van der Waals surface area contributed by atoms with Crippen LogP contribution < -0.4 is 0 Å². The van der Waals surface area contributed by atoms with Gasteiger partial charge in [0, 0.05) is 0 Å². The van der Waals surface area contributed by atoms with E-state index in [0.29, 0.717) is 0 Å². The Balaban J connectivity index is 0.830. The van der Waals surface area contributed by atoms with Crippen molar-refractivity contribution in [3.63, 3.8) is 0 Å². The van der Waals surface area contributed by atoms with E-state index in [9.17, 15) is 163 Å². The fraction of sp³-hybridized carbons (Fsp3) is 1.00. The first-order valence-corrected chi connectivity index (χ1v) is 35.2. The summed E-state index contributed by atoms with van der Waals surface area (Å²) in [6, 6.07) is 0. The van der Waals surface area contributed by atoms with Crippen molar-refractivity contribution in [3.05, 3.63) is 0 Å². The van der Waals surface area contributed by atoms with Gasteiger partial charge >= 0.3 is 0 Å². The van der Waals surface area contributed by atoms with Crippen LogP contribution in [0.3, 0.4) is 0 Å². The quantitative estimate of drug-likeness (QED) is 0.0346. The van der Waals surface area contributed by atoms with E-state index < -0.39 is 373 Å². The zero-order valence-corrected chi connectivity index (χ0v) is 58.0. The molecule has 10 fully saturated rings. The van der Waals surface area contributed by atoms with E-state index in [1.54, 1.807) is 0 Å². The van der Waals surface area contributed by atoms with E-state index >= 15 is 0 Å². The van der Waals surface area contributed by atoms with E-state index in [-0.39, 0.29) is 0 Å². The largest absolute Gasteiger partial charge is 0.394 e. The highest BCUT2D eigenvalue weighted by molar-refractivity contribution is 5.01. The SMILES string of the molecule is OC[C@H]1O[C@@H](OC[C@H]2O[C@@H](OC[C@H]3O[C@@H](OC[C@H]4O[C@@H](OC[C@H]5O[C@@H](OC[C@H]6O[C@@H](OC[C@H]7OC(O)[C@H](O)[C@@H](O)[C@@H]7O)[C@H](O)[C@@H](O[C@@H]7O[C@H](CO)[C@@H](O)[C@H](O)[C@H]7O)[C@@H]6O)[C@H](O)[C@@H](O)[C@@H]5O)[C@H](O)[C@@H](O[C@@H]5O[C@H](CO)[C@@H](O)[C@H](O)[C@H]5O)[C@@H]4O)[C@H](O)[C@@H](O)[C@@H]3O)[C@H](O)[C@@H](O[C@@H]3O[C@H](CO)[C@@H](O)[C@H](O)[C@H]3O)[C@@H]2O)[C@H](O)[C@@H](O)[C@@H]1O. The molecule has 0 aromatic carbocycles. The van der Waals surface area contributed by atoms with Crippen LogP contribution in [0.4, 0.5) is 0 Å². The van der Waals surface area contributed by atoms with Crippen LogP contribution in [0.15, 0.2) is 0 Å². The molecule has 0 spiro atoms. The highest BCUT2D eigenvalue weighted by Crippen LogP contribution is 2.38. The van der Waals surface area contributed by atoms with Gasteiger partial charge < -0.3 is 253 Å². The number of ether oxygens (including phenoxy) is 19. The number of hydrogen-bond donors (Lipinski definition) is 32. The summed E-state index contributed by atoms with van der Waals surface area (Å²) < 4.78 is 107. The fourth-order valence-electron chi connectivity index (χ4n) is 13.8. The number of aliphatic hydroxyl groups is 32. The molecule has 10 saturated heterocycles. The zero-order valence-electron chi connectivity index (χ0n) is 58.0. The first-order chi connectivity index (χ1) is 52.5. The number of hydrogen-bond acceptors (Lipinski definition) is 51. The Kier molecular flexibility index (Phi) is 32.4. The molecule has 111 heavy (non-hydrogen) atoms. The summed E-state index contributed by atoms with van der Waals surface area (Å²) >= 11 is 0. The van der Waals surface area contributed by atoms with Crippen LogP contribution in [-0.4, -0.2) is 537 Å². The molecule has 0 bridgehead atoms. The monoisotopic (exact) mass is 1640 g/mol. The Labute approximate surface area is 625 Å². The molecule has 10 rings (SSSR count). The second-order valence-corrected chi connectivity index (χ2v) is 28.2. The van der Waals surface area contributed by atoms with Crippen LogP contribution in [0, 0.1) is 0 Å². The van der Waals surface area contributed by atoms with Gasteiger partial charge in [-0.25, -0.2) is 0 Å². The van der Waals surface area contributed by atoms with Crippen molar-refractivity contribution in [2.24, 2.45) is 0 Å². The lowest BCUT2D eigenvalue weighted by Gasteiger charge is -2.47. The molecular formula is C60H102O51. The molecule has 0 saturated carbocycles. The highest BCUT2D eigenvalue weighted by atomic mass is 16.8. The Morgan fingerprint density at radius 2 is 0.315 bits per heavy atom. The molecule has 648 valence electrons. The maximum Gasteiger partial charge on any atom is 0.187 e. The molecule has 10 aliphatic heterocycles. The first-order valence-electron chi connectivity index (χ1n) is 35.2. The minimum absolute atomic E-state index is 0.889. The molecular weight excluding hydrogens is 1540 g/mol. The summed E-state index contributed by atoms with van der Waals surface area (Å²) in [5.41, 5.74) is 0. The molecule has 10 aliphatic rings. The Morgan fingerprint density at radius 1 is 0.153 bits per heavy atom. The second-order valence-electron chi connectivity index (χ2n) is 28.2. The third kappa shape index (κ3) is 19.7. The van der Waals surface area contributed by atoms with Crippen LogP contribution in [0.5, 0.6) is 0 Å². The maximum atomic E-state index is 11.9. The summed E-state index contributed by atoms with van der Waals surface area (Å²) in [5.74, 6) is 0. The van der Waals surface area contributed by atoms with Crippen LogP contribution in [0.1, 0.15) is 0 Å². The average molecular weight is 1640 g/mol. The summed E-state index contributed by atoms with van der Waals surface area (Å²) in [6.45, 7) is -9.85. The van der Waals surface area contributed by atoms with Gasteiger partial charge in [-0.15, -0.1) is 0 Å². The third-order valence-corrected chi connectivity index (χ3v) is 20.8. The topological polar surface area (TPSA) is 823 Å². The van der Waals surface area contributed by atoms with E-state index in [1.165, 1.54) is 0 Å². The predicted molar refractivity (Wildman–Crippen MR) is 330 cm³/mol. The third-order valence-electron chi connectivity index (χ3n) is 20.8. The van der Waals surface area contributed by atoms with Gasteiger partial charge in [-0.05, 0) is 0 Å². The van der Waals surface area contributed by atoms with Gasteiger partial charge in [-0.3, -0.25) is 0 Å². The molecule has 51 heteroatoms. The predicted octanol–water partition coefficient (Wildman–Crippen LogP) is -22.8. The van der Waals surface area contributed by atoms with Crippen molar-refractivity contribution in [2.75, 3.05) is 66.1 Å². The summed E-state index contributed by atoms with van der Waals surface area (Å²) in [5, 5.41) is 345. The molecule has 51 nitrogen and oxygen atoms in total. The van der Waals surface area contributed by atoms with Crippen LogP contribution in [-0.2, 0) is 90.0 Å². The summed E-state index contributed by atoms with van der Waals surface area (Å²) in [6.07, 6.45) is -102. The van der Waals surface area contributed by atoms with Crippen molar-refractivity contribution in [1.29, 1.82) is 0 Å². The van der Waals surface area contributed by atoms with Gasteiger partial charge in [0.15, 0.2) is 62.9 Å². The van der Waals surface area contributed by atoms with Gasteiger partial charge in [-0.2, -0.15) is 0 Å². The number of rotatable bonds is 28. The van der Waals surface area contributed by atoms with E-state index in [4.69, 9.17) is 90.0 Å². The molecule has 0 amide bonds. The molecule has 50 atom stereocenters. The number of aliphatic hydroxyl groups excluding tert-OH is 32. The average Bonchev–Trinajstić information content (AvgIpc) is 0.784. The molecule has 1 unspecified atom stereocenters. The lowest BCUT2D eigenvalue weighted by molar-refractivity contribution is -0.377. The second kappa shape index (κ2) is 39.4. The molecule has 0 aromatic rings. The Hall–Kier alpha value is -2.04. The fourth-order valence-corrected chi connectivity index (χ4v) is 13.8. The van der Waals surface area contributed by atoms with Crippen molar-refractivity contribution in [2.45, 2.75) is 307 Å². The van der Waals surface area contributed by atoms with Gasteiger partial charge in [0.1, 0.15) is 244 Å². The summed E-state index contributed by atoms with van der Waals surface area (Å²) in [7, 11) is 0. The van der Waals surface area contributed by atoms with Crippen LogP contribution >= 0.6 is 0 Å². The van der Waals surface area contributed by atoms with Crippen molar-refractivity contribution < 1.29 is 253 Å². The van der Waals surface area contributed by atoms with Gasteiger partial charge in [0.25, 0.3) is 0 Å². The normalized spacial score (nSPS) is 53.7. The molecule has 0 radical (unpaired) electrons. The first kappa shape index (κ1) is 91.3. The van der Waals surface area contributed by atoms with Crippen molar-refractivity contribution >= 4 is 0 Å². The smallest absolute Gasteiger partial charge is 0.187 e. The van der Waals surface area contributed by atoms with Crippen LogP contribution in [0.25, 0.3) is 0 Å². The molecule has 0 aliphatic carbocycles. The Bertz CT molecular complexity index is 2770. The zero-order chi connectivity index (χ0) is 81.4. The lowest BCUT2D eigenvalue weighted by Crippen LogP contribution is -2.66. The minimum Gasteiger partial charge on any atom is -0.394 e. The lowest BCUT2D eigenvalue weighted by atomic mass is 9.96. The van der Waals surface area contributed by atoms with E-state index in [0.717, 1.165) is 0 Å². The summed E-state index contributed by atoms with van der Waals surface area (Å²) in [4.78, 5) is 0.